The van der Waals surface area contributed by atoms with Crippen LogP contribution >= 0.6 is 0 Å². The fourth-order valence-electron chi connectivity index (χ4n) is 2.83. The van der Waals surface area contributed by atoms with E-state index in [2.05, 4.69) is 35.9 Å². The second-order valence-electron chi connectivity index (χ2n) is 6.50. The lowest BCUT2D eigenvalue weighted by Gasteiger charge is -2.04. The molecule has 2 heterocycles. The number of pyridine rings is 1. The number of rotatable bonds is 2. The molecule has 0 unspecified atom stereocenters. The molecule has 118 valence electrons. The highest BCUT2D eigenvalue weighted by Gasteiger charge is 2.23. The number of hydrogen-bond acceptors (Lipinski definition) is 2. The van der Waals surface area contributed by atoms with E-state index in [1.165, 1.54) is 18.4 Å². The van der Waals surface area contributed by atoms with Gasteiger partial charge in [0.1, 0.15) is 5.65 Å². The molecule has 4 rings (SSSR count). The molecule has 0 aliphatic heterocycles. The summed E-state index contributed by atoms with van der Waals surface area (Å²) in [5.41, 5.74) is 4.55. The second kappa shape index (κ2) is 5.98. The summed E-state index contributed by atoms with van der Waals surface area (Å²) >= 11 is 0. The van der Waals surface area contributed by atoms with Crippen molar-refractivity contribution in [2.75, 3.05) is 0 Å². The van der Waals surface area contributed by atoms with E-state index in [0.29, 0.717) is 11.6 Å². The van der Waals surface area contributed by atoms with E-state index >= 15 is 0 Å². The van der Waals surface area contributed by atoms with Gasteiger partial charge < -0.3 is 0 Å². The van der Waals surface area contributed by atoms with Crippen LogP contribution in [0.15, 0.2) is 53.6 Å². The molecule has 24 heavy (non-hydrogen) atoms. The molecule has 0 atom stereocenters. The van der Waals surface area contributed by atoms with Gasteiger partial charge in [-0.1, -0.05) is 24.0 Å². The van der Waals surface area contributed by atoms with Gasteiger partial charge in [0.2, 0.25) is 0 Å². The van der Waals surface area contributed by atoms with Gasteiger partial charge in [-0.2, -0.15) is 0 Å². The van der Waals surface area contributed by atoms with Crippen LogP contribution in [0.5, 0.6) is 0 Å². The standard InChI is InChI=1S/C21H18N2O/c1-15-3-2-4-16(11-15)5-8-18-9-10-23-20(13-18)22-14-19(21(23)24)12-17-6-7-17/h2-4,9-11,13-14,17H,6-7,12H2,1H3. The molecule has 3 nitrogen and oxygen atoms in total. The predicted octanol–water partition coefficient (Wildman–Crippen LogP) is 3.36. The highest BCUT2D eigenvalue weighted by Crippen LogP contribution is 2.31. The maximum absolute atomic E-state index is 12.5. The molecule has 0 radical (unpaired) electrons. The van der Waals surface area contributed by atoms with E-state index in [9.17, 15) is 4.79 Å². The molecule has 1 aliphatic rings. The molecule has 1 aliphatic carbocycles. The van der Waals surface area contributed by atoms with Crippen LogP contribution in [0.1, 0.15) is 35.1 Å². The first-order valence-electron chi connectivity index (χ1n) is 8.28. The average molecular weight is 314 g/mol. The minimum atomic E-state index is 0.0464. The number of benzene rings is 1. The van der Waals surface area contributed by atoms with Crippen molar-refractivity contribution < 1.29 is 0 Å². The van der Waals surface area contributed by atoms with Gasteiger partial charge in [0.25, 0.3) is 5.56 Å². The van der Waals surface area contributed by atoms with Crippen LogP contribution in [0, 0.1) is 24.7 Å². The highest BCUT2D eigenvalue weighted by atomic mass is 16.1. The van der Waals surface area contributed by atoms with Crippen LogP contribution in [0.25, 0.3) is 5.65 Å². The molecule has 0 N–H and O–H groups in total. The number of aryl methyl sites for hydroxylation is 1. The van der Waals surface area contributed by atoms with Crippen LogP contribution in [0.3, 0.4) is 0 Å². The van der Waals surface area contributed by atoms with E-state index in [0.717, 1.165) is 23.1 Å². The van der Waals surface area contributed by atoms with E-state index in [1.807, 2.05) is 24.3 Å². The number of fused-ring (bicyclic) bond motifs is 1. The van der Waals surface area contributed by atoms with Gasteiger partial charge in [-0.15, -0.1) is 0 Å². The number of nitrogens with zero attached hydrogens (tertiary/aromatic N) is 2. The first kappa shape index (κ1) is 14.7. The Labute approximate surface area is 141 Å². The topological polar surface area (TPSA) is 34.4 Å². The summed E-state index contributed by atoms with van der Waals surface area (Å²) < 4.78 is 1.62. The van der Waals surface area contributed by atoms with Gasteiger partial charge in [0.15, 0.2) is 0 Å². The lowest BCUT2D eigenvalue weighted by atomic mass is 10.1. The molecule has 3 aromatic rings. The van der Waals surface area contributed by atoms with Crippen LogP contribution in [-0.2, 0) is 6.42 Å². The third kappa shape index (κ3) is 3.09. The zero-order chi connectivity index (χ0) is 16.5. The molecule has 1 fully saturated rings. The Hall–Kier alpha value is -2.86. The summed E-state index contributed by atoms with van der Waals surface area (Å²) in [7, 11) is 0. The maximum Gasteiger partial charge on any atom is 0.261 e. The average Bonchev–Trinajstić information content (AvgIpc) is 3.40. The van der Waals surface area contributed by atoms with Crippen LogP contribution in [-0.4, -0.2) is 9.38 Å². The zero-order valence-electron chi connectivity index (χ0n) is 13.6. The van der Waals surface area contributed by atoms with Crippen molar-refractivity contribution in [3.8, 4) is 11.8 Å². The van der Waals surface area contributed by atoms with Crippen LogP contribution < -0.4 is 5.56 Å². The van der Waals surface area contributed by atoms with Crippen molar-refractivity contribution in [3.05, 3.63) is 81.4 Å². The van der Waals surface area contributed by atoms with Gasteiger partial charge in [-0.3, -0.25) is 9.20 Å². The predicted molar refractivity (Wildman–Crippen MR) is 95.0 cm³/mol. The Kier molecular flexibility index (Phi) is 3.66. The molecule has 1 aromatic carbocycles. The Balaban J connectivity index is 1.67. The van der Waals surface area contributed by atoms with E-state index in [1.54, 1.807) is 16.8 Å². The molecular weight excluding hydrogens is 296 g/mol. The van der Waals surface area contributed by atoms with Gasteiger partial charge in [-0.05, 0) is 61.9 Å². The van der Waals surface area contributed by atoms with E-state index < -0.39 is 0 Å². The fraction of sp³-hybridized carbons (Fsp3) is 0.238. The van der Waals surface area contributed by atoms with Gasteiger partial charge >= 0.3 is 0 Å². The van der Waals surface area contributed by atoms with Crippen molar-refractivity contribution >= 4 is 5.65 Å². The number of aromatic nitrogens is 2. The molecule has 2 aromatic heterocycles. The summed E-state index contributed by atoms with van der Waals surface area (Å²) in [5.74, 6) is 6.99. The summed E-state index contributed by atoms with van der Waals surface area (Å²) in [4.78, 5) is 17.0. The normalized spacial score (nSPS) is 13.5. The summed E-state index contributed by atoms with van der Waals surface area (Å²) in [6.07, 6.45) is 6.82. The fourth-order valence-corrected chi connectivity index (χ4v) is 2.83. The lowest BCUT2D eigenvalue weighted by Crippen LogP contribution is -2.19. The third-order valence-corrected chi connectivity index (χ3v) is 4.36. The van der Waals surface area contributed by atoms with Crippen molar-refractivity contribution in [2.24, 2.45) is 5.92 Å². The van der Waals surface area contributed by atoms with Crippen LogP contribution in [0.4, 0.5) is 0 Å². The monoisotopic (exact) mass is 314 g/mol. The molecule has 1 saturated carbocycles. The molecular formula is C21H18N2O. The summed E-state index contributed by atoms with van der Waals surface area (Å²) in [6.45, 7) is 2.05. The van der Waals surface area contributed by atoms with Crippen LogP contribution in [0.2, 0.25) is 0 Å². The first-order valence-corrected chi connectivity index (χ1v) is 8.28. The largest absolute Gasteiger partial charge is 0.269 e. The lowest BCUT2D eigenvalue weighted by molar-refractivity contribution is 0.805. The van der Waals surface area contributed by atoms with Gasteiger partial charge in [-0.25, -0.2) is 4.98 Å². The Morgan fingerprint density at radius 2 is 1.96 bits per heavy atom. The van der Waals surface area contributed by atoms with Crippen molar-refractivity contribution in [2.45, 2.75) is 26.2 Å². The second-order valence-corrected chi connectivity index (χ2v) is 6.50. The third-order valence-electron chi connectivity index (χ3n) is 4.36. The smallest absolute Gasteiger partial charge is 0.261 e. The Bertz CT molecular complexity index is 1030. The molecule has 3 heteroatoms. The zero-order valence-corrected chi connectivity index (χ0v) is 13.6. The molecule has 0 amide bonds. The Morgan fingerprint density at radius 1 is 1.17 bits per heavy atom. The van der Waals surface area contributed by atoms with Crippen molar-refractivity contribution in [1.29, 1.82) is 0 Å². The minimum absolute atomic E-state index is 0.0464. The SMILES string of the molecule is Cc1cccc(C#Cc2ccn3c(=O)c(CC4CC4)cnc3c2)c1. The summed E-state index contributed by atoms with van der Waals surface area (Å²) in [5, 5.41) is 0. The van der Waals surface area contributed by atoms with E-state index in [4.69, 9.17) is 0 Å². The van der Waals surface area contributed by atoms with Gasteiger partial charge in [0.05, 0.1) is 0 Å². The van der Waals surface area contributed by atoms with E-state index in [-0.39, 0.29) is 5.56 Å². The van der Waals surface area contributed by atoms with Crippen molar-refractivity contribution in [3.63, 3.8) is 0 Å². The Morgan fingerprint density at radius 3 is 2.71 bits per heavy atom. The molecule has 0 saturated heterocycles. The number of hydrogen-bond donors (Lipinski definition) is 0. The quantitative estimate of drug-likeness (QED) is 0.680. The molecule has 0 spiro atoms. The maximum atomic E-state index is 12.5. The van der Waals surface area contributed by atoms with Crippen molar-refractivity contribution in [1.82, 2.24) is 9.38 Å². The summed E-state index contributed by atoms with van der Waals surface area (Å²) in [6, 6.07) is 11.8. The minimum Gasteiger partial charge on any atom is -0.269 e. The highest BCUT2D eigenvalue weighted by molar-refractivity contribution is 5.50. The van der Waals surface area contributed by atoms with Gasteiger partial charge in [0, 0.05) is 29.1 Å². The molecule has 0 bridgehead atoms. The first-order chi connectivity index (χ1) is 11.7.